The van der Waals surface area contributed by atoms with Gasteiger partial charge in [0.05, 0.1) is 16.9 Å². The second kappa shape index (κ2) is 10.5. The van der Waals surface area contributed by atoms with Crippen LogP contribution in [0.1, 0.15) is 29.4 Å². The molecule has 0 aliphatic rings. The maximum Gasteiger partial charge on any atom is 0.277 e. The average molecular weight is 462 g/mol. The molecule has 2 heterocycles. The average Bonchev–Trinajstić information content (AvgIpc) is 3.20. The van der Waals surface area contributed by atoms with Crippen LogP contribution >= 0.6 is 34.7 Å². The Morgan fingerprint density at radius 3 is 2.67 bits per heavy atom. The van der Waals surface area contributed by atoms with E-state index in [1.807, 2.05) is 35.9 Å². The van der Waals surface area contributed by atoms with Gasteiger partial charge in [-0.1, -0.05) is 47.6 Å². The highest BCUT2D eigenvalue weighted by Gasteiger charge is 2.16. The number of thiazole rings is 1. The Morgan fingerprint density at radius 1 is 1.20 bits per heavy atom. The summed E-state index contributed by atoms with van der Waals surface area (Å²) in [5.41, 5.74) is 3.05. The van der Waals surface area contributed by atoms with Crippen LogP contribution < -0.4 is 10.6 Å². The maximum absolute atomic E-state index is 12.5. The quantitative estimate of drug-likeness (QED) is 0.295. The van der Waals surface area contributed by atoms with Crippen LogP contribution in [0, 0.1) is 0 Å². The number of thioether (sulfide) groups is 1. The lowest BCUT2D eigenvalue weighted by molar-refractivity contribution is -0.118. The van der Waals surface area contributed by atoms with E-state index >= 15 is 0 Å². The first-order chi connectivity index (χ1) is 14.5. The first-order valence-corrected chi connectivity index (χ1v) is 11.6. The maximum atomic E-state index is 12.5. The van der Waals surface area contributed by atoms with Gasteiger partial charge in [-0.25, -0.2) is 15.0 Å². The lowest BCUT2D eigenvalue weighted by Gasteiger charge is -2.05. The Balaban J connectivity index is 1.62. The van der Waals surface area contributed by atoms with Gasteiger partial charge < -0.3 is 5.32 Å². The van der Waals surface area contributed by atoms with Crippen molar-refractivity contribution in [3.63, 3.8) is 0 Å². The molecule has 2 aromatic heterocycles. The highest BCUT2D eigenvalue weighted by atomic mass is 35.5. The number of nitrogens with zero attached hydrogens (tertiary/aromatic N) is 3. The molecule has 156 valence electrons. The van der Waals surface area contributed by atoms with Crippen molar-refractivity contribution in [2.24, 2.45) is 0 Å². The number of carbonyl (C=O) groups excluding carboxylic acids is 2. The number of hydrogen-bond donors (Lipinski definition) is 2. The van der Waals surface area contributed by atoms with Crippen LogP contribution in [0.2, 0.25) is 5.02 Å². The molecule has 0 unspecified atom stereocenters. The highest BCUT2D eigenvalue weighted by Crippen LogP contribution is 2.26. The summed E-state index contributed by atoms with van der Waals surface area (Å²) in [5.74, 6) is -0.434. The molecule has 0 saturated heterocycles. The highest BCUT2D eigenvalue weighted by molar-refractivity contribution is 7.98. The number of carbonyl (C=O) groups is 2. The molecule has 0 atom stereocenters. The molecule has 0 fully saturated rings. The topological polar surface area (TPSA) is 96.9 Å². The van der Waals surface area contributed by atoms with Crippen LogP contribution in [-0.2, 0) is 11.2 Å². The summed E-state index contributed by atoms with van der Waals surface area (Å²) in [4.78, 5) is 36.1. The van der Waals surface area contributed by atoms with E-state index in [0.717, 1.165) is 24.1 Å². The summed E-state index contributed by atoms with van der Waals surface area (Å²) in [7, 11) is 0. The summed E-state index contributed by atoms with van der Waals surface area (Å²) in [6.07, 6.45) is 5.01. The summed E-state index contributed by atoms with van der Waals surface area (Å²) in [6.45, 7) is 2.18. The van der Waals surface area contributed by atoms with Crippen molar-refractivity contribution >= 4 is 51.6 Å². The Labute approximate surface area is 187 Å². The van der Waals surface area contributed by atoms with Gasteiger partial charge in [-0.2, -0.15) is 0 Å². The molecule has 1 aromatic carbocycles. The molecular formula is C20H20ClN5O2S2. The number of benzene rings is 1. The standard InChI is InChI=1S/C20H20ClN5O2S2/c1-12(27)22-9-3-4-13-5-7-14(8-6-13)16-11-30-20(24-16)26-18(28)17-15(21)10-23-19(25-17)29-2/h5-8,10-11H,3-4,9H2,1-2H3,(H,22,27)(H,24,26,28). The minimum Gasteiger partial charge on any atom is -0.356 e. The van der Waals surface area contributed by atoms with E-state index in [2.05, 4.69) is 25.6 Å². The van der Waals surface area contributed by atoms with Gasteiger partial charge >= 0.3 is 0 Å². The molecule has 0 saturated carbocycles. The van der Waals surface area contributed by atoms with Gasteiger partial charge in [0.2, 0.25) is 5.91 Å². The molecule has 3 rings (SSSR count). The second-order valence-corrected chi connectivity index (χ2v) is 8.37. The van der Waals surface area contributed by atoms with E-state index in [1.54, 1.807) is 0 Å². The number of nitrogens with one attached hydrogen (secondary N) is 2. The van der Waals surface area contributed by atoms with Gasteiger partial charge in [0.15, 0.2) is 16.0 Å². The molecule has 0 bridgehead atoms. The van der Waals surface area contributed by atoms with Crippen LogP contribution in [0.15, 0.2) is 41.0 Å². The molecule has 2 N–H and O–H groups in total. The van der Waals surface area contributed by atoms with Crippen LogP contribution in [0.4, 0.5) is 5.13 Å². The van der Waals surface area contributed by atoms with Gasteiger partial charge in [0, 0.05) is 24.4 Å². The normalized spacial score (nSPS) is 10.6. The Morgan fingerprint density at radius 2 is 1.97 bits per heavy atom. The van der Waals surface area contributed by atoms with Gasteiger partial charge in [-0.3, -0.25) is 14.9 Å². The Hall–Kier alpha value is -2.49. The molecule has 0 aliphatic carbocycles. The minimum absolute atomic E-state index is 0.0107. The predicted molar refractivity (Wildman–Crippen MR) is 121 cm³/mol. The first kappa shape index (κ1) is 22.2. The van der Waals surface area contributed by atoms with Crippen LogP contribution in [0.5, 0.6) is 0 Å². The van der Waals surface area contributed by atoms with Crippen molar-refractivity contribution in [1.29, 1.82) is 0 Å². The molecule has 0 spiro atoms. The van der Waals surface area contributed by atoms with Crippen molar-refractivity contribution < 1.29 is 9.59 Å². The zero-order chi connectivity index (χ0) is 21.5. The number of rotatable bonds is 8. The monoisotopic (exact) mass is 461 g/mol. The number of amides is 2. The minimum atomic E-state index is -0.423. The number of halogens is 1. The van der Waals surface area contributed by atoms with Gasteiger partial charge in [-0.15, -0.1) is 11.3 Å². The second-order valence-electron chi connectivity index (χ2n) is 6.33. The summed E-state index contributed by atoms with van der Waals surface area (Å²) < 4.78 is 0. The zero-order valence-electron chi connectivity index (χ0n) is 16.4. The van der Waals surface area contributed by atoms with Crippen molar-refractivity contribution in [2.75, 3.05) is 18.1 Å². The number of anilines is 1. The molecule has 0 aliphatic heterocycles. The summed E-state index contributed by atoms with van der Waals surface area (Å²) in [5, 5.41) is 8.56. The van der Waals surface area contributed by atoms with Crippen molar-refractivity contribution in [2.45, 2.75) is 24.9 Å². The molecule has 0 radical (unpaired) electrons. The Bertz CT molecular complexity index is 1040. The lowest BCUT2D eigenvalue weighted by atomic mass is 10.1. The van der Waals surface area contributed by atoms with Gasteiger partial charge in [-0.05, 0) is 24.7 Å². The van der Waals surface area contributed by atoms with E-state index in [1.165, 1.54) is 41.8 Å². The molecule has 2 amide bonds. The van der Waals surface area contributed by atoms with Crippen molar-refractivity contribution in [3.8, 4) is 11.3 Å². The van der Waals surface area contributed by atoms with Crippen molar-refractivity contribution in [3.05, 3.63) is 52.1 Å². The molecule has 3 aromatic rings. The van der Waals surface area contributed by atoms with E-state index in [4.69, 9.17) is 11.6 Å². The third kappa shape index (κ3) is 6.01. The first-order valence-electron chi connectivity index (χ1n) is 9.13. The summed E-state index contributed by atoms with van der Waals surface area (Å²) in [6, 6.07) is 8.09. The van der Waals surface area contributed by atoms with Crippen LogP contribution in [0.3, 0.4) is 0 Å². The van der Waals surface area contributed by atoms with E-state index in [0.29, 0.717) is 16.8 Å². The molecule has 30 heavy (non-hydrogen) atoms. The number of hydrogen-bond acceptors (Lipinski definition) is 7. The number of aryl methyl sites for hydroxylation is 1. The van der Waals surface area contributed by atoms with E-state index in [-0.39, 0.29) is 16.6 Å². The Kier molecular flexibility index (Phi) is 7.78. The predicted octanol–water partition coefficient (Wildman–Crippen LogP) is 4.30. The number of aromatic nitrogens is 3. The van der Waals surface area contributed by atoms with E-state index in [9.17, 15) is 9.59 Å². The molecule has 7 nitrogen and oxygen atoms in total. The fourth-order valence-corrected chi connectivity index (χ4v) is 3.86. The summed E-state index contributed by atoms with van der Waals surface area (Å²) >= 11 is 8.72. The van der Waals surface area contributed by atoms with Gasteiger partial charge in [0.25, 0.3) is 5.91 Å². The zero-order valence-corrected chi connectivity index (χ0v) is 18.8. The lowest BCUT2D eigenvalue weighted by Crippen LogP contribution is -2.21. The van der Waals surface area contributed by atoms with Crippen LogP contribution in [-0.4, -0.2) is 39.6 Å². The van der Waals surface area contributed by atoms with Crippen molar-refractivity contribution in [1.82, 2.24) is 20.3 Å². The fourth-order valence-electron chi connectivity index (χ4n) is 2.63. The molecular weight excluding hydrogens is 442 g/mol. The third-order valence-electron chi connectivity index (χ3n) is 4.11. The van der Waals surface area contributed by atoms with Gasteiger partial charge in [0.1, 0.15) is 0 Å². The third-order valence-corrected chi connectivity index (χ3v) is 5.71. The van der Waals surface area contributed by atoms with E-state index < -0.39 is 5.91 Å². The SMILES string of the molecule is CSc1ncc(Cl)c(C(=O)Nc2nc(-c3ccc(CCCNC(C)=O)cc3)cs2)n1. The fraction of sp³-hybridized carbons (Fsp3) is 0.250. The molecule has 10 heteroatoms. The smallest absolute Gasteiger partial charge is 0.277 e. The van der Waals surface area contributed by atoms with Crippen LogP contribution in [0.25, 0.3) is 11.3 Å². The largest absolute Gasteiger partial charge is 0.356 e.